The summed E-state index contributed by atoms with van der Waals surface area (Å²) in [7, 11) is 0. The number of carboxylic acids is 1. The average Bonchev–Trinajstić information content (AvgIpc) is 2.87. The van der Waals surface area contributed by atoms with E-state index in [0.717, 1.165) is 16.5 Å². The molecule has 2 aromatic carbocycles. The van der Waals surface area contributed by atoms with E-state index in [1.54, 1.807) is 6.07 Å². The maximum atomic E-state index is 10.7. The second-order valence-electron chi connectivity index (χ2n) is 4.16. The number of hydrogen-bond donors (Lipinski definition) is 2. The number of hydrogen-bond acceptors (Lipinski definition) is 3. The smallest absolute Gasteiger partial charge is 0.371 e. The summed E-state index contributed by atoms with van der Waals surface area (Å²) >= 11 is 0. The van der Waals surface area contributed by atoms with Gasteiger partial charge in [0.1, 0.15) is 0 Å². The van der Waals surface area contributed by atoms with Crippen molar-refractivity contribution in [1.82, 2.24) is 0 Å². The number of rotatable bonds is 3. The highest BCUT2D eigenvalue weighted by Crippen LogP contribution is 2.23. The van der Waals surface area contributed by atoms with Crippen molar-refractivity contribution in [3.05, 3.63) is 60.4 Å². The van der Waals surface area contributed by atoms with Crippen molar-refractivity contribution >= 4 is 28.3 Å². The van der Waals surface area contributed by atoms with Gasteiger partial charge in [0.2, 0.25) is 5.76 Å². The Bertz CT molecular complexity index is 746. The molecule has 0 fully saturated rings. The molecule has 0 atom stereocenters. The van der Waals surface area contributed by atoms with Crippen LogP contribution in [0.2, 0.25) is 0 Å². The lowest BCUT2D eigenvalue weighted by Gasteiger charge is -2.04. The summed E-state index contributed by atoms with van der Waals surface area (Å²) in [5.74, 6) is -0.748. The lowest BCUT2D eigenvalue weighted by atomic mass is 10.1. The monoisotopic (exact) mass is 253 g/mol. The Morgan fingerprint density at radius 2 is 1.79 bits per heavy atom. The number of nitrogens with one attached hydrogen (secondary N) is 1. The van der Waals surface area contributed by atoms with Crippen molar-refractivity contribution in [2.45, 2.75) is 0 Å². The maximum Gasteiger partial charge on any atom is 0.371 e. The lowest BCUT2D eigenvalue weighted by molar-refractivity contribution is 0.0663. The molecule has 0 amide bonds. The predicted molar refractivity (Wildman–Crippen MR) is 72.9 cm³/mol. The fraction of sp³-hybridized carbons (Fsp3) is 0. The molecule has 0 unspecified atom stereocenters. The van der Waals surface area contributed by atoms with E-state index in [4.69, 9.17) is 9.52 Å². The van der Waals surface area contributed by atoms with E-state index in [0.29, 0.717) is 5.88 Å². The fourth-order valence-electron chi connectivity index (χ4n) is 1.93. The van der Waals surface area contributed by atoms with Gasteiger partial charge in [0, 0.05) is 11.8 Å². The molecule has 0 aliphatic rings. The molecule has 0 aliphatic carbocycles. The third kappa shape index (κ3) is 2.28. The van der Waals surface area contributed by atoms with Gasteiger partial charge in [-0.2, -0.15) is 0 Å². The molecule has 3 rings (SSSR count). The van der Waals surface area contributed by atoms with Gasteiger partial charge in [0.25, 0.3) is 0 Å². The van der Waals surface area contributed by atoms with Gasteiger partial charge in [-0.25, -0.2) is 4.79 Å². The van der Waals surface area contributed by atoms with Crippen LogP contribution in [0.25, 0.3) is 10.8 Å². The summed E-state index contributed by atoms with van der Waals surface area (Å²) in [5.41, 5.74) is 0.852. The minimum absolute atomic E-state index is 0.0803. The minimum atomic E-state index is -1.08. The molecule has 4 heteroatoms. The first kappa shape index (κ1) is 11.3. The minimum Gasteiger partial charge on any atom is -0.475 e. The number of furan rings is 1. The molecule has 0 bridgehead atoms. The molecule has 4 nitrogen and oxygen atoms in total. The van der Waals surface area contributed by atoms with Gasteiger partial charge < -0.3 is 14.8 Å². The number of aromatic carboxylic acids is 1. The molecule has 3 aromatic rings. The van der Waals surface area contributed by atoms with Crippen LogP contribution in [0.1, 0.15) is 10.6 Å². The molecule has 1 heterocycles. The molecule has 0 saturated heterocycles. The first-order valence-corrected chi connectivity index (χ1v) is 5.81. The Morgan fingerprint density at radius 3 is 2.53 bits per heavy atom. The third-order valence-electron chi connectivity index (χ3n) is 2.83. The van der Waals surface area contributed by atoms with E-state index in [1.165, 1.54) is 6.07 Å². The van der Waals surface area contributed by atoms with Crippen molar-refractivity contribution < 1.29 is 14.3 Å². The van der Waals surface area contributed by atoms with Gasteiger partial charge in [-0.1, -0.05) is 30.3 Å². The largest absolute Gasteiger partial charge is 0.475 e. The maximum absolute atomic E-state index is 10.7. The van der Waals surface area contributed by atoms with Gasteiger partial charge in [0.15, 0.2) is 5.88 Å². The molecule has 19 heavy (non-hydrogen) atoms. The van der Waals surface area contributed by atoms with Crippen molar-refractivity contribution in [2.75, 3.05) is 5.32 Å². The first-order valence-electron chi connectivity index (χ1n) is 5.81. The van der Waals surface area contributed by atoms with Gasteiger partial charge in [-0.3, -0.25) is 0 Å². The van der Waals surface area contributed by atoms with Crippen molar-refractivity contribution in [3.8, 4) is 0 Å². The number of carbonyl (C=O) groups is 1. The highest BCUT2D eigenvalue weighted by Gasteiger charge is 2.08. The number of carboxylic acid groups (broad SMARTS) is 1. The van der Waals surface area contributed by atoms with Gasteiger partial charge in [0.05, 0.1) is 0 Å². The summed E-state index contributed by atoms with van der Waals surface area (Å²) in [5, 5.41) is 14.1. The normalized spacial score (nSPS) is 10.5. The molecule has 0 radical (unpaired) electrons. The molecule has 0 aliphatic heterocycles. The van der Waals surface area contributed by atoms with Crippen LogP contribution >= 0.6 is 0 Å². The van der Waals surface area contributed by atoms with Gasteiger partial charge >= 0.3 is 5.97 Å². The van der Waals surface area contributed by atoms with Crippen molar-refractivity contribution in [2.24, 2.45) is 0 Å². The van der Waals surface area contributed by atoms with E-state index in [1.807, 2.05) is 42.5 Å². The summed E-state index contributed by atoms with van der Waals surface area (Å²) in [6.07, 6.45) is 0. The van der Waals surface area contributed by atoms with E-state index in [2.05, 4.69) is 5.32 Å². The average molecular weight is 253 g/mol. The SMILES string of the molecule is O=C(O)c1ccc(Nc2ccc3ccccc3c2)o1. The number of benzene rings is 2. The van der Waals surface area contributed by atoms with Crippen LogP contribution in [-0.2, 0) is 0 Å². The van der Waals surface area contributed by atoms with Gasteiger partial charge in [-0.15, -0.1) is 0 Å². The van der Waals surface area contributed by atoms with Crippen LogP contribution in [-0.4, -0.2) is 11.1 Å². The van der Waals surface area contributed by atoms with Crippen LogP contribution in [0.15, 0.2) is 59.0 Å². The van der Waals surface area contributed by atoms with Crippen LogP contribution in [0, 0.1) is 0 Å². The van der Waals surface area contributed by atoms with E-state index in [-0.39, 0.29) is 5.76 Å². The second kappa shape index (κ2) is 4.49. The number of anilines is 2. The van der Waals surface area contributed by atoms with E-state index >= 15 is 0 Å². The summed E-state index contributed by atoms with van der Waals surface area (Å²) in [6.45, 7) is 0. The van der Waals surface area contributed by atoms with Crippen LogP contribution in [0.3, 0.4) is 0 Å². The molecule has 0 saturated carbocycles. The molecular formula is C15H11NO3. The fourth-order valence-corrected chi connectivity index (χ4v) is 1.93. The Kier molecular flexibility index (Phi) is 2.68. The van der Waals surface area contributed by atoms with Crippen molar-refractivity contribution in [1.29, 1.82) is 0 Å². The lowest BCUT2D eigenvalue weighted by Crippen LogP contribution is -1.92. The van der Waals surface area contributed by atoms with E-state index in [9.17, 15) is 4.79 Å². The molecule has 2 N–H and O–H groups in total. The van der Waals surface area contributed by atoms with Crippen LogP contribution in [0.5, 0.6) is 0 Å². The van der Waals surface area contributed by atoms with Crippen LogP contribution < -0.4 is 5.32 Å². The highest BCUT2D eigenvalue weighted by molar-refractivity contribution is 5.87. The standard InChI is InChI=1S/C15H11NO3/c17-15(18)13-7-8-14(19-13)16-12-6-5-10-3-1-2-4-11(10)9-12/h1-9,16H,(H,17,18). The number of fused-ring (bicyclic) bond motifs is 1. The zero-order valence-corrected chi connectivity index (χ0v) is 9.96. The molecular weight excluding hydrogens is 242 g/mol. The zero-order chi connectivity index (χ0) is 13.2. The first-order chi connectivity index (χ1) is 9.22. The second-order valence-corrected chi connectivity index (χ2v) is 4.16. The van der Waals surface area contributed by atoms with E-state index < -0.39 is 5.97 Å². The highest BCUT2D eigenvalue weighted by atomic mass is 16.4. The Hall–Kier alpha value is -2.75. The quantitative estimate of drug-likeness (QED) is 0.743. The summed E-state index contributed by atoms with van der Waals surface area (Å²) in [6, 6.07) is 16.9. The molecule has 1 aromatic heterocycles. The third-order valence-corrected chi connectivity index (χ3v) is 2.83. The summed E-state index contributed by atoms with van der Waals surface area (Å²) < 4.78 is 5.15. The molecule has 94 valence electrons. The van der Waals surface area contributed by atoms with Gasteiger partial charge in [-0.05, 0) is 29.0 Å². The molecule has 0 spiro atoms. The van der Waals surface area contributed by atoms with Crippen LogP contribution in [0.4, 0.5) is 11.6 Å². The van der Waals surface area contributed by atoms with Crippen molar-refractivity contribution in [3.63, 3.8) is 0 Å². The summed E-state index contributed by atoms with van der Waals surface area (Å²) in [4.78, 5) is 10.7. The Morgan fingerprint density at radius 1 is 1.00 bits per heavy atom. The zero-order valence-electron chi connectivity index (χ0n) is 9.96. The predicted octanol–water partition coefficient (Wildman–Crippen LogP) is 3.87. The topological polar surface area (TPSA) is 62.5 Å². The Labute approximate surface area is 109 Å². The Balaban J connectivity index is 1.89.